The van der Waals surface area contributed by atoms with Gasteiger partial charge in [0.1, 0.15) is 0 Å². The molecule has 0 heterocycles. The molecule has 0 aliphatic carbocycles. The molecule has 0 radical (unpaired) electrons. The van der Waals surface area contributed by atoms with Gasteiger partial charge in [0.25, 0.3) is 0 Å². The Kier molecular flexibility index (Phi) is 8.28. The minimum Gasteiger partial charge on any atom is -0.363 e. The molecule has 3 aromatic rings. The highest BCUT2D eigenvalue weighted by Gasteiger charge is 2.51. The largest absolute Gasteiger partial charge is 0.399 e. The Morgan fingerprint density at radius 3 is 1.83 bits per heavy atom. The van der Waals surface area contributed by atoms with Gasteiger partial charge >= 0.3 is 20.9 Å². The third-order valence-corrected chi connectivity index (χ3v) is 8.60. The maximum absolute atomic E-state index is 14.6. The fourth-order valence-electron chi connectivity index (χ4n) is 3.46. The van der Waals surface area contributed by atoms with E-state index in [9.17, 15) is 32.1 Å². The van der Waals surface area contributed by atoms with Gasteiger partial charge in [0.2, 0.25) is 5.41 Å². The van der Waals surface area contributed by atoms with Crippen LogP contribution in [0.15, 0.2) is 77.3 Å². The van der Waals surface area contributed by atoms with Crippen LogP contribution in [0.1, 0.15) is 29.2 Å². The molecule has 0 saturated heterocycles. The zero-order valence-corrected chi connectivity index (χ0v) is 22.2. The third-order valence-electron chi connectivity index (χ3n) is 5.62. The van der Waals surface area contributed by atoms with Gasteiger partial charge < -0.3 is 24.5 Å². The Labute approximate surface area is 214 Å². The number of rotatable bonds is 9. The van der Waals surface area contributed by atoms with Crippen LogP contribution in [0, 0.1) is 0 Å². The second kappa shape index (κ2) is 10.4. The molecule has 194 valence electrons. The fraction of sp³-hybridized carbons (Fsp3) is 0.217. The molecule has 0 fully saturated rings. The molecule has 0 amide bonds. The number of halogens is 4. The highest BCUT2D eigenvalue weighted by Crippen LogP contribution is 2.60. The van der Waals surface area contributed by atoms with Crippen LogP contribution in [-0.4, -0.2) is 19.6 Å². The summed E-state index contributed by atoms with van der Waals surface area (Å²) in [7, 11) is -10.8. The van der Waals surface area contributed by atoms with Gasteiger partial charge in [0, 0.05) is 34.4 Å². The van der Waals surface area contributed by atoms with Crippen molar-refractivity contribution in [2.75, 3.05) is 4.90 Å². The summed E-state index contributed by atoms with van der Waals surface area (Å²) in [6.45, 7) is 1.31. The minimum atomic E-state index is -5.73. The molecule has 36 heavy (non-hydrogen) atoms. The summed E-state index contributed by atoms with van der Waals surface area (Å²) in [4.78, 5) is 38.5. The standard InChI is InChI=1S/C23H23BrF3NO6P2/c1-22(25,35(29,30)31)18-10-7-16(8-11-18)14-28(19-5-3-2-4-6-19)15-17-9-12-20(21(24)13-17)23(26,27)36(32,33)34/h2-13H,14-15H2,1H3,(H2,29,30,31)(H2,32,33,34). The average Bonchev–Trinajstić information content (AvgIpc) is 2.78. The molecule has 13 heteroatoms. The lowest BCUT2D eigenvalue weighted by molar-refractivity contribution is 0.0557. The van der Waals surface area contributed by atoms with E-state index >= 15 is 0 Å². The monoisotopic (exact) mass is 607 g/mol. The molecule has 3 aromatic carbocycles. The van der Waals surface area contributed by atoms with Crippen molar-refractivity contribution in [2.24, 2.45) is 0 Å². The first-order valence-electron chi connectivity index (χ1n) is 10.4. The summed E-state index contributed by atoms with van der Waals surface area (Å²) in [5.74, 6) is 0. The van der Waals surface area contributed by atoms with Crippen molar-refractivity contribution in [2.45, 2.75) is 31.1 Å². The van der Waals surface area contributed by atoms with Crippen LogP contribution in [0.25, 0.3) is 0 Å². The van der Waals surface area contributed by atoms with E-state index in [1.54, 1.807) is 24.3 Å². The smallest absolute Gasteiger partial charge is 0.363 e. The molecule has 4 N–H and O–H groups in total. The molecule has 0 aliphatic heterocycles. The molecule has 0 spiro atoms. The summed E-state index contributed by atoms with van der Waals surface area (Å²) in [5, 5.41) is -2.84. The summed E-state index contributed by atoms with van der Waals surface area (Å²) >= 11 is 2.99. The Morgan fingerprint density at radius 2 is 1.33 bits per heavy atom. The molecule has 0 aliphatic rings. The van der Waals surface area contributed by atoms with E-state index in [4.69, 9.17) is 9.79 Å². The van der Waals surface area contributed by atoms with E-state index in [0.717, 1.165) is 18.7 Å². The zero-order chi connectivity index (χ0) is 26.9. The Bertz CT molecular complexity index is 1310. The van der Waals surface area contributed by atoms with Gasteiger partial charge in [-0.25, -0.2) is 4.39 Å². The second-order valence-corrected chi connectivity index (χ2v) is 12.7. The van der Waals surface area contributed by atoms with E-state index in [1.807, 2.05) is 23.1 Å². The van der Waals surface area contributed by atoms with Crippen LogP contribution in [0.4, 0.5) is 18.9 Å². The van der Waals surface area contributed by atoms with Gasteiger partial charge in [-0.15, -0.1) is 0 Å². The van der Waals surface area contributed by atoms with Crippen LogP contribution in [0.2, 0.25) is 0 Å². The van der Waals surface area contributed by atoms with Crippen LogP contribution in [0.5, 0.6) is 0 Å². The molecule has 0 saturated carbocycles. The van der Waals surface area contributed by atoms with Crippen LogP contribution in [0.3, 0.4) is 0 Å². The average molecular weight is 608 g/mol. The number of benzene rings is 3. The first kappa shape index (κ1) is 28.6. The maximum atomic E-state index is 14.6. The fourth-order valence-corrected chi connectivity index (χ4v) is 5.28. The van der Waals surface area contributed by atoms with Crippen molar-refractivity contribution < 1.29 is 41.9 Å². The van der Waals surface area contributed by atoms with Crippen LogP contribution >= 0.6 is 31.1 Å². The Hall–Kier alpha value is -1.97. The molecule has 3 rings (SSSR count). The molecule has 1 atom stereocenters. The lowest BCUT2D eigenvalue weighted by Gasteiger charge is -2.27. The van der Waals surface area contributed by atoms with Crippen LogP contribution in [-0.2, 0) is 33.3 Å². The second-order valence-electron chi connectivity index (χ2n) is 8.29. The third kappa shape index (κ3) is 6.11. The van der Waals surface area contributed by atoms with Crippen molar-refractivity contribution in [3.8, 4) is 0 Å². The number of para-hydroxylation sites is 1. The molecule has 0 aromatic heterocycles. The minimum absolute atomic E-state index is 0.162. The molecule has 0 bridgehead atoms. The quantitative estimate of drug-likeness (QED) is 0.214. The number of hydrogen-bond donors (Lipinski definition) is 4. The van der Waals surface area contributed by atoms with Crippen molar-refractivity contribution in [1.82, 2.24) is 0 Å². The summed E-state index contributed by atoms with van der Waals surface area (Å²) in [5.41, 5.74) is -3.34. The van der Waals surface area contributed by atoms with Gasteiger partial charge in [-0.2, -0.15) is 8.78 Å². The lowest BCUT2D eigenvalue weighted by Crippen LogP contribution is -2.22. The van der Waals surface area contributed by atoms with Gasteiger partial charge in [-0.3, -0.25) is 9.13 Å². The summed E-state index contributed by atoms with van der Waals surface area (Å²) in [6.07, 6.45) is 0. The normalized spacial score (nSPS) is 14.4. The van der Waals surface area contributed by atoms with Crippen LogP contribution < -0.4 is 4.90 Å². The summed E-state index contributed by atoms with van der Waals surface area (Å²) < 4.78 is 65.6. The first-order chi connectivity index (χ1) is 16.5. The zero-order valence-electron chi connectivity index (χ0n) is 18.8. The summed E-state index contributed by atoms with van der Waals surface area (Å²) in [6, 6.07) is 18.4. The predicted molar refractivity (Wildman–Crippen MR) is 133 cm³/mol. The molecule has 1 unspecified atom stereocenters. The predicted octanol–water partition coefficient (Wildman–Crippen LogP) is 6.20. The van der Waals surface area contributed by atoms with E-state index in [1.165, 1.54) is 24.3 Å². The number of hydrogen-bond acceptors (Lipinski definition) is 3. The molecular formula is C23H23BrF3NO6P2. The molecular weight excluding hydrogens is 585 g/mol. The van der Waals surface area contributed by atoms with E-state index in [2.05, 4.69) is 15.9 Å². The highest BCUT2D eigenvalue weighted by atomic mass is 79.9. The highest BCUT2D eigenvalue weighted by molar-refractivity contribution is 9.10. The topological polar surface area (TPSA) is 118 Å². The maximum Gasteiger partial charge on any atom is 0.399 e. The van der Waals surface area contributed by atoms with Gasteiger partial charge in [0.15, 0.2) is 0 Å². The number of anilines is 1. The Balaban J connectivity index is 1.90. The van der Waals surface area contributed by atoms with Crippen molar-refractivity contribution in [1.29, 1.82) is 0 Å². The number of alkyl halides is 3. The Morgan fingerprint density at radius 1 is 0.806 bits per heavy atom. The van der Waals surface area contributed by atoms with Gasteiger partial charge in [-0.1, -0.05) is 70.5 Å². The first-order valence-corrected chi connectivity index (χ1v) is 14.4. The number of nitrogens with zero attached hydrogens (tertiary/aromatic N) is 1. The SMILES string of the molecule is CC(F)(c1ccc(CN(Cc2ccc(C(F)(F)P(=O)(O)O)c(Br)c2)c2ccccc2)cc1)P(=O)(O)O. The van der Waals surface area contributed by atoms with Crippen molar-refractivity contribution in [3.63, 3.8) is 0 Å². The van der Waals surface area contributed by atoms with E-state index in [0.29, 0.717) is 11.1 Å². The van der Waals surface area contributed by atoms with Gasteiger partial charge in [0.05, 0.1) is 0 Å². The van der Waals surface area contributed by atoms with Crippen molar-refractivity contribution in [3.05, 3.63) is 99.5 Å². The van der Waals surface area contributed by atoms with Crippen molar-refractivity contribution >= 4 is 36.8 Å². The van der Waals surface area contributed by atoms with E-state index < -0.39 is 31.8 Å². The van der Waals surface area contributed by atoms with Gasteiger partial charge in [-0.05, 0) is 36.2 Å². The molecule has 7 nitrogen and oxygen atoms in total. The van der Waals surface area contributed by atoms with E-state index in [-0.39, 0.29) is 23.1 Å². The lowest BCUT2D eigenvalue weighted by atomic mass is 10.1.